The third-order valence-electron chi connectivity index (χ3n) is 8.07. The third-order valence-corrected chi connectivity index (χ3v) is 9.40. The predicted octanol–water partition coefficient (Wildman–Crippen LogP) is -7.90. The summed E-state index contributed by atoms with van der Waals surface area (Å²) in [5.41, 5.74) is 0. The monoisotopic (exact) mass is 1120 g/mol. The number of aliphatic hydroxyl groups excluding tert-OH is 5. The van der Waals surface area contributed by atoms with E-state index >= 15 is 0 Å². The van der Waals surface area contributed by atoms with Crippen molar-refractivity contribution in [3.05, 3.63) is 0 Å². The van der Waals surface area contributed by atoms with Crippen molar-refractivity contribution in [2.75, 3.05) is 46.8 Å². The summed E-state index contributed by atoms with van der Waals surface area (Å²) in [5.74, 6) is -2.98. The molecule has 0 aromatic heterocycles. The van der Waals surface area contributed by atoms with Gasteiger partial charge >= 0.3 is 0 Å². The summed E-state index contributed by atoms with van der Waals surface area (Å²) < 4.78 is 128. The van der Waals surface area contributed by atoms with Gasteiger partial charge in [0.05, 0.1) is 56.7 Å². The van der Waals surface area contributed by atoms with Crippen molar-refractivity contribution in [2.24, 2.45) is 11.8 Å². The molecule has 336 valence electrons. The molecule has 4 saturated heterocycles. The fourth-order valence-corrected chi connectivity index (χ4v) is 6.19. The minimum absolute atomic E-state index is 0. The average Bonchev–Trinajstić information content (AvgIpc) is 3.08. The number of carbonyl (C=O) groups excluding carboxylic acids is 2. The smallest absolute Gasteiger partial charge is 0.218 e. The summed E-state index contributed by atoms with van der Waals surface area (Å²) in [7, 11) is -13.1. The molecule has 26 nitrogen and oxygen atoms in total. The number of carboxylic acids is 2. The van der Waals surface area contributed by atoms with E-state index in [-0.39, 0.29) is 55.7 Å². The number of methoxy groups -OCH3 is 1. The van der Waals surface area contributed by atoms with Gasteiger partial charge in [0.1, 0.15) is 48.8 Å². The summed E-state index contributed by atoms with van der Waals surface area (Å²) in [5, 5.41) is 67.6. The summed E-state index contributed by atoms with van der Waals surface area (Å²) in [6.07, 6.45) is -11.2. The minimum atomic E-state index is -5.08. The van der Waals surface area contributed by atoms with Gasteiger partial charge < -0.3 is 82.7 Å². The number of rotatable bonds is 11. The van der Waals surface area contributed by atoms with Crippen molar-refractivity contribution in [2.45, 2.75) is 100 Å². The first-order chi connectivity index (χ1) is 25.7. The Morgan fingerprint density at radius 2 is 1.19 bits per heavy atom. The fourth-order valence-electron chi connectivity index (χ4n) is 5.12. The number of aliphatic carboxylic acids is 2. The molecule has 30 heteroatoms. The molecule has 5 N–H and O–H groups in total. The summed E-state index contributed by atoms with van der Waals surface area (Å²) in [6.45, 7) is 3.00. The zero-order valence-electron chi connectivity index (χ0n) is 30.4. The van der Waals surface area contributed by atoms with Gasteiger partial charge in [-0.1, -0.05) is 13.8 Å². The Morgan fingerprint density at radius 1 is 0.667 bits per heavy atom. The zero-order valence-corrected chi connectivity index (χ0v) is 37.0. The molecule has 0 aromatic rings. The van der Waals surface area contributed by atoms with E-state index in [4.69, 9.17) is 18.9 Å². The molecular formula is C27H45O26S3U-5. The quantitative estimate of drug-likeness (QED) is 0.0947. The molecule has 0 amide bonds. The van der Waals surface area contributed by atoms with Gasteiger partial charge in [0, 0.05) is 57.4 Å². The molecule has 0 aromatic carbocycles. The number of carbonyl (C=O) groups is 2. The molecule has 4 rings (SSSR count). The topological polar surface area (TPSA) is 427 Å². The van der Waals surface area contributed by atoms with E-state index in [2.05, 4.69) is 17.3 Å². The average molecular weight is 1120 g/mol. The van der Waals surface area contributed by atoms with Crippen LogP contribution in [0.3, 0.4) is 0 Å². The largest absolute Gasteiger partial charge is 0.726 e. The summed E-state index contributed by atoms with van der Waals surface area (Å²) in [4.78, 5) is 20.8. The molecule has 57 heavy (non-hydrogen) atoms. The van der Waals surface area contributed by atoms with E-state index < -0.39 is 124 Å². The van der Waals surface area contributed by atoms with Crippen LogP contribution in [0.5, 0.6) is 0 Å². The van der Waals surface area contributed by atoms with Crippen LogP contribution in [-0.2, 0) is 77.0 Å². The SMILES string of the molecule is CC1COC(COS(=O)(=O)[O-])C(O)C1.CC1COC(COS(=O)(=O)[O-])C(O)C1O.COC1CCCOC1C(=O)[O-].O=C([O-])C1OCC(OS(=O)(=O)[O-])C(O)C1O.[U]. The van der Waals surface area contributed by atoms with Crippen LogP contribution in [0.4, 0.5) is 0 Å². The molecule has 4 aliphatic heterocycles. The number of carboxylic acid groups (broad SMARTS) is 2. The normalized spacial score (nSPS) is 34.6. The molecule has 0 radical (unpaired) electrons. The molecule has 0 saturated carbocycles. The van der Waals surface area contributed by atoms with Gasteiger partial charge in [-0.2, -0.15) is 0 Å². The van der Waals surface area contributed by atoms with Crippen LogP contribution in [0, 0.1) is 42.9 Å². The van der Waals surface area contributed by atoms with Crippen LogP contribution < -0.4 is 10.2 Å². The first-order valence-electron chi connectivity index (χ1n) is 16.3. The first-order valence-corrected chi connectivity index (χ1v) is 20.3. The maximum Gasteiger partial charge on any atom is 0.218 e. The number of ether oxygens (including phenoxy) is 5. The van der Waals surface area contributed by atoms with Crippen LogP contribution in [0.15, 0.2) is 0 Å². The van der Waals surface area contributed by atoms with Gasteiger partial charge in [-0.25, -0.2) is 25.3 Å². The summed E-state index contributed by atoms with van der Waals surface area (Å²) >= 11 is 0. The fraction of sp³-hybridized carbons (Fsp3) is 0.926. The van der Waals surface area contributed by atoms with Crippen molar-refractivity contribution in [1.82, 2.24) is 0 Å². The van der Waals surface area contributed by atoms with Crippen LogP contribution in [0.25, 0.3) is 0 Å². The Labute approximate surface area is 351 Å². The first kappa shape index (κ1) is 56.2. The molecule has 4 fully saturated rings. The van der Waals surface area contributed by atoms with Gasteiger partial charge in [0.15, 0.2) is 0 Å². The van der Waals surface area contributed by atoms with E-state index in [1.807, 2.05) is 6.92 Å². The standard InChI is InChI=1S/C7H14O7S.C7H14O6S.C7H12O4.C6H10O9S.U/c1-4-2-13-5(7(9)6(4)8)3-14-15(10,11)12;1-5-2-6(8)7(12-3-5)4-13-14(9,10)11;1-10-5-3-2-4-11-6(5)7(8)9;7-3-2(15-16(11,12)13)1-14-5(4(3)8)6(9)10;/h4-9H,2-3H2,1H3,(H,10,11,12);5-8H,2-4H2,1H3,(H,9,10,11);5-6H,2-4H2,1H3,(H,8,9);2-5,7-8H,1H2,(H,9,10)(H,11,12,13);/p-5. The second-order valence-corrected chi connectivity index (χ2v) is 15.7. The second-order valence-electron chi connectivity index (χ2n) is 12.6. The Hall–Kier alpha value is -0.798. The molecule has 0 spiro atoms. The number of hydrogen-bond acceptors (Lipinski definition) is 26. The maximum absolute atomic E-state index is 10.4. The Morgan fingerprint density at radius 3 is 1.65 bits per heavy atom. The molecule has 13 atom stereocenters. The minimum Gasteiger partial charge on any atom is -0.726 e. The van der Waals surface area contributed by atoms with E-state index in [0.29, 0.717) is 19.6 Å². The Bertz CT molecular complexity index is 1530. The van der Waals surface area contributed by atoms with Crippen LogP contribution >= 0.6 is 0 Å². The van der Waals surface area contributed by atoms with Gasteiger partial charge in [-0.3, -0.25) is 12.5 Å². The number of aliphatic hydroxyl groups is 5. The van der Waals surface area contributed by atoms with Crippen LogP contribution in [0.1, 0.15) is 33.1 Å². The van der Waals surface area contributed by atoms with Crippen molar-refractivity contribution in [1.29, 1.82) is 0 Å². The van der Waals surface area contributed by atoms with Crippen LogP contribution in [-0.4, -0.2) is 190 Å². The molecule has 4 aliphatic rings. The Kier molecular flexibility index (Phi) is 25.5. The summed E-state index contributed by atoms with van der Waals surface area (Å²) in [6, 6.07) is 0. The Balaban J connectivity index is 0.000000735. The number of hydrogen-bond donors (Lipinski definition) is 5. The second kappa shape index (κ2) is 25.9. The van der Waals surface area contributed by atoms with E-state index in [1.165, 1.54) is 7.11 Å². The van der Waals surface area contributed by atoms with Gasteiger partial charge in [0.2, 0.25) is 31.2 Å². The van der Waals surface area contributed by atoms with Crippen molar-refractivity contribution in [3.8, 4) is 0 Å². The van der Waals surface area contributed by atoms with E-state index in [1.54, 1.807) is 6.92 Å². The zero-order chi connectivity index (χ0) is 43.2. The van der Waals surface area contributed by atoms with Crippen molar-refractivity contribution in [3.63, 3.8) is 0 Å². The molecule has 4 heterocycles. The van der Waals surface area contributed by atoms with Crippen LogP contribution in [0.2, 0.25) is 0 Å². The van der Waals surface area contributed by atoms with Gasteiger partial charge in [-0.15, -0.1) is 0 Å². The van der Waals surface area contributed by atoms with Gasteiger partial charge in [-0.05, 0) is 25.2 Å². The molecule has 13 unspecified atom stereocenters. The molecule has 0 aliphatic carbocycles. The third kappa shape index (κ3) is 22.0. The van der Waals surface area contributed by atoms with Gasteiger partial charge in [0.25, 0.3) is 0 Å². The maximum atomic E-state index is 10.4. The van der Waals surface area contributed by atoms with E-state index in [9.17, 15) is 84.2 Å². The van der Waals surface area contributed by atoms with Crippen molar-refractivity contribution >= 4 is 43.1 Å². The predicted molar refractivity (Wildman–Crippen MR) is 168 cm³/mol. The molecular weight excluding hydrogens is 1070 g/mol. The molecule has 0 bridgehead atoms. The van der Waals surface area contributed by atoms with E-state index in [0.717, 1.165) is 12.8 Å². The van der Waals surface area contributed by atoms with Crippen molar-refractivity contribution < 1.29 is 152 Å².